The molecule has 2 N–H and O–H groups in total. The molecule has 0 bridgehead atoms. The molecule has 128 valence electrons. The third-order valence-corrected chi connectivity index (χ3v) is 5.37. The second kappa shape index (κ2) is 6.78. The average Bonchev–Trinajstić information content (AvgIpc) is 2.55. The molecule has 2 aromatic rings. The highest BCUT2D eigenvalue weighted by Crippen LogP contribution is 2.25. The lowest BCUT2D eigenvalue weighted by Gasteiger charge is -2.42. The number of nitrogens with two attached hydrogens (primary N) is 1. The van der Waals surface area contributed by atoms with Crippen molar-refractivity contribution in [3.63, 3.8) is 0 Å². The van der Waals surface area contributed by atoms with Crippen LogP contribution < -0.4 is 5.73 Å². The van der Waals surface area contributed by atoms with E-state index >= 15 is 0 Å². The first-order chi connectivity index (χ1) is 11.4. The van der Waals surface area contributed by atoms with Crippen molar-refractivity contribution in [1.29, 1.82) is 0 Å². The monoisotopic (exact) mass is 390 g/mol. The molecule has 0 radical (unpaired) electrons. The number of fused-ring (bicyclic) bond motifs is 1. The molecule has 2 heterocycles. The van der Waals surface area contributed by atoms with Crippen molar-refractivity contribution in [2.45, 2.75) is 25.9 Å². The molecule has 5 nitrogen and oxygen atoms in total. The van der Waals surface area contributed by atoms with Gasteiger partial charge in [0.15, 0.2) is 0 Å². The van der Waals surface area contributed by atoms with E-state index in [2.05, 4.69) is 48.9 Å². The Morgan fingerprint density at radius 3 is 2.67 bits per heavy atom. The zero-order valence-electron chi connectivity index (χ0n) is 14.1. The number of amides is 1. The Kier molecular flexibility index (Phi) is 4.90. The van der Waals surface area contributed by atoms with Gasteiger partial charge in [0, 0.05) is 48.8 Å². The van der Waals surface area contributed by atoms with Gasteiger partial charge >= 0.3 is 0 Å². The molecular weight excluding hydrogens is 368 g/mol. The zero-order valence-corrected chi connectivity index (χ0v) is 15.7. The summed E-state index contributed by atoms with van der Waals surface area (Å²) in [5.41, 5.74) is 7.22. The van der Waals surface area contributed by atoms with Crippen molar-refractivity contribution in [3.8, 4) is 0 Å². The smallest absolute Gasteiger partial charge is 0.237 e. The Labute approximate surface area is 150 Å². The van der Waals surface area contributed by atoms with Crippen LogP contribution in [0.4, 0.5) is 0 Å². The molecule has 1 saturated heterocycles. The Balaban J connectivity index is 1.72. The molecule has 1 aromatic carbocycles. The van der Waals surface area contributed by atoms with Gasteiger partial charge in [-0.05, 0) is 37.6 Å². The Bertz CT molecular complexity index is 754. The average molecular weight is 391 g/mol. The molecule has 0 saturated carbocycles. The van der Waals surface area contributed by atoms with Gasteiger partial charge in [-0.25, -0.2) is 0 Å². The largest absolute Gasteiger partial charge is 0.368 e. The summed E-state index contributed by atoms with van der Waals surface area (Å²) < 4.78 is 1.08. The van der Waals surface area contributed by atoms with Crippen LogP contribution in [-0.4, -0.2) is 52.4 Å². The quantitative estimate of drug-likeness (QED) is 0.870. The molecule has 0 atom stereocenters. The number of benzene rings is 1. The van der Waals surface area contributed by atoms with Crippen LogP contribution in [0, 0.1) is 0 Å². The number of piperazine rings is 1. The first-order valence-corrected chi connectivity index (χ1v) is 8.97. The molecule has 3 rings (SSSR count). The van der Waals surface area contributed by atoms with Crippen LogP contribution in [-0.2, 0) is 11.3 Å². The number of aromatic nitrogens is 1. The van der Waals surface area contributed by atoms with Crippen LogP contribution in [0.2, 0.25) is 0 Å². The molecule has 1 amide bonds. The SMILES string of the molecule is CC(C)(C(N)=O)N1CCN(Cc2cc(Br)cc3cccnc23)CC1. The molecule has 0 aliphatic carbocycles. The summed E-state index contributed by atoms with van der Waals surface area (Å²) in [5, 5.41) is 1.15. The maximum atomic E-state index is 11.6. The van der Waals surface area contributed by atoms with Crippen LogP contribution in [0.15, 0.2) is 34.9 Å². The predicted octanol–water partition coefficient (Wildman–Crippen LogP) is 2.38. The minimum atomic E-state index is -0.587. The third-order valence-electron chi connectivity index (χ3n) is 4.91. The first kappa shape index (κ1) is 17.3. The van der Waals surface area contributed by atoms with E-state index in [0.29, 0.717) is 0 Å². The van der Waals surface area contributed by atoms with E-state index < -0.39 is 5.54 Å². The molecule has 1 fully saturated rings. The molecule has 6 heteroatoms. The van der Waals surface area contributed by atoms with Crippen LogP contribution in [0.5, 0.6) is 0 Å². The van der Waals surface area contributed by atoms with Gasteiger partial charge < -0.3 is 5.73 Å². The third kappa shape index (κ3) is 3.45. The van der Waals surface area contributed by atoms with Crippen molar-refractivity contribution in [3.05, 3.63) is 40.5 Å². The molecule has 0 unspecified atom stereocenters. The number of halogens is 1. The predicted molar refractivity (Wildman–Crippen MR) is 99.6 cm³/mol. The van der Waals surface area contributed by atoms with E-state index in [1.807, 2.05) is 26.1 Å². The van der Waals surface area contributed by atoms with Gasteiger partial charge in [0.25, 0.3) is 0 Å². The standard InChI is InChI=1S/C18H23BrN4O/c1-18(2,17(20)24)23-8-6-22(7-9-23)12-14-11-15(19)10-13-4-3-5-21-16(13)14/h3-5,10-11H,6-9,12H2,1-2H3,(H2,20,24). The van der Waals surface area contributed by atoms with Gasteiger partial charge in [-0.1, -0.05) is 22.0 Å². The molecule has 1 aromatic heterocycles. The van der Waals surface area contributed by atoms with Crippen molar-refractivity contribution in [1.82, 2.24) is 14.8 Å². The minimum absolute atomic E-state index is 0.266. The number of pyridine rings is 1. The lowest BCUT2D eigenvalue weighted by molar-refractivity contribution is -0.129. The van der Waals surface area contributed by atoms with Gasteiger partial charge in [0.1, 0.15) is 0 Å². The first-order valence-electron chi connectivity index (χ1n) is 8.18. The van der Waals surface area contributed by atoms with Gasteiger partial charge in [-0.2, -0.15) is 0 Å². The number of carbonyl (C=O) groups is 1. The van der Waals surface area contributed by atoms with Crippen LogP contribution in [0.1, 0.15) is 19.4 Å². The molecule has 0 spiro atoms. The van der Waals surface area contributed by atoms with Gasteiger partial charge in [-0.15, -0.1) is 0 Å². The van der Waals surface area contributed by atoms with Crippen molar-refractivity contribution in [2.24, 2.45) is 5.73 Å². The van der Waals surface area contributed by atoms with E-state index in [0.717, 1.165) is 48.1 Å². The fourth-order valence-electron chi connectivity index (χ4n) is 3.21. The Hall–Kier alpha value is -1.50. The minimum Gasteiger partial charge on any atom is -0.368 e. The number of nitrogens with zero attached hydrogens (tertiary/aromatic N) is 3. The summed E-state index contributed by atoms with van der Waals surface area (Å²) in [6, 6.07) is 8.29. The zero-order chi connectivity index (χ0) is 17.3. The van der Waals surface area contributed by atoms with E-state index in [-0.39, 0.29) is 5.91 Å². The number of rotatable bonds is 4. The fraction of sp³-hybridized carbons (Fsp3) is 0.444. The number of primary amides is 1. The highest BCUT2D eigenvalue weighted by atomic mass is 79.9. The van der Waals surface area contributed by atoms with E-state index in [1.54, 1.807) is 0 Å². The highest BCUT2D eigenvalue weighted by molar-refractivity contribution is 9.10. The molecule has 24 heavy (non-hydrogen) atoms. The lowest BCUT2D eigenvalue weighted by Crippen LogP contribution is -2.59. The van der Waals surface area contributed by atoms with E-state index in [1.165, 1.54) is 5.56 Å². The van der Waals surface area contributed by atoms with E-state index in [4.69, 9.17) is 5.73 Å². The van der Waals surface area contributed by atoms with Crippen molar-refractivity contribution >= 4 is 32.7 Å². The summed E-state index contributed by atoms with van der Waals surface area (Å²) in [5.74, 6) is -0.266. The maximum Gasteiger partial charge on any atom is 0.237 e. The number of carbonyl (C=O) groups excluding carboxylic acids is 1. The molecule has 1 aliphatic rings. The van der Waals surface area contributed by atoms with Gasteiger partial charge in [0.2, 0.25) is 5.91 Å². The fourth-order valence-corrected chi connectivity index (χ4v) is 3.73. The van der Waals surface area contributed by atoms with Crippen molar-refractivity contribution < 1.29 is 4.79 Å². The van der Waals surface area contributed by atoms with Gasteiger partial charge in [0.05, 0.1) is 11.1 Å². The summed E-state index contributed by atoms with van der Waals surface area (Å²) in [4.78, 5) is 20.8. The molecule has 1 aliphatic heterocycles. The second-order valence-electron chi connectivity index (χ2n) is 6.83. The number of hydrogen-bond donors (Lipinski definition) is 1. The lowest BCUT2D eigenvalue weighted by atomic mass is 10.0. The Morgan fingerprint density at radius 1 is 1.29 bits per heavy atom. The summed E-state index contributed by atoms with van der Waals surface area (Å²) in [6.45, 7) is 8.17. The van der Waals surface area contributed by atoms with Gasteiger partial charge in [-0.3, -0.25) is 19.6 Å². The van der Waals surface area contributed by atoms with Crippen LogP contribution in [0.25, 0.3) is 10.9 Å². The van der Waals surface area contributed by atoms with Crippen molar-refractivity contribution in [2.75, 3.05) is 26.2 Å². The summed E-state index contributed by atoms with van der Waals surface area (Å²) in [7, 11) is 0. The summed E-state index contributed by atoms with van der Waals surface area (Å²) in [6.07, 6.45) is 1.84. The highest BCUT2D eigenvalue weighted by Gasteiger charge is 2.34. The molecular formula is C18H23BrN4O. The summed E-state index contributed by atoms with van der Waals surface area (Å²) >= 11 is 3.59. The topological polar surface area (TPSA) is 62.5 Å². The number of hydrogen-bond acceptors (Lipinski definition) is 4. The van der Waals surface area contributed by atoms with Crippen LogP contribution >= 0.6 is 15.9 Å². The maximum absolute atomic E-state index is 11.6. The van der Waals surface area contributed by atoms with E-state index in [9.17, 15) is 4.79 Å². The van der Waals surface area contributed by atoms with Crippen LogP contribution in [0.3, 0.4) is 0 Å². The normalized spacial score (nSPS) is 17.3. The second-order valence-corrected chi connectivity index (χ2v) is 7.74. The Morgan fingerprint density at radius 2 is 2.00 bits per heavy atom.